The van der Waals surface area contributed by atoms with E-state index in [1.54, 1.807) is 0 Å². The van der Waals surface area contributed by atoms with Crippen molar-refractivity contribution in [3.05, 3.63) is 36.0 Å². The van der Waals surface area contributed by atoms with Crippen LogP contribution in [0.1, 0.15) is 37.0 Å². The topological polar surface area (TPSA) is 22.0 Å². The number of carbonyl (C=O) groups is 1. The van der Waals surface area contributed by atoms with E-state index in [1.165, 1.54) is 18.2 Å². The summed E-state index contributed by atoms with van der Waals surface area (Å²) in [4.78, 5) is 10.8. The van der Waals surface area contributed by atoms with Gasteiger partial charge in [-0.2, -0.15) is 0 Å². The highest BCUT2D eigenvalue weighted by atomic mass is 16.1. The summed E-state index contributed by atoms with van der Waals surface area (Å²) in [6.07, 6.45) is 5.49. The highest BCUT2D eigenvalue weighted by molar-refractivity contribution is 5.87. The molecule has 0 bridgehead atoms. The van der Waals surface area contributed by atoms with Crippen LogP contribution < -0.4 is 0 Å². The Morgan fingerprint density at radius 3 is 2.88 bits per heavy atom. The molecule has 0 amide bonds. The normalized spacial score (nSPS) is 12.8. The number of aromatic nitrogens is 1. The molecule has 1 heterocycles. The van der Waals surface area contributed by atoms with E-state index in [0.29, 0.717) is 5.92 Å². The molecule has 90 valence electrons. The van der Waals surface area contributed by atoms with Crippen molar-refractivity contribution in [2.75, 3.05) is 0 Å². The highest BCUT2D eigenvalue weighted by Crippen LogP contribution is 2.19. The van der Waals surface area contributed by atoms with Crippen LogP contribution in [0.25, 0.3) is 10.9 Å². The van der Waals surface area contributed by atoms with Crippen molar-refractivity contribution in [2.45, 2.75) is 33.2 Å². The van der Waals surface area contributed by atoms with Crippen LogP contribution in [0.3, 0.4) is 0 Å². The van der Waals surface area contributed by atoms with Gasteiger partial charge in [-0.25, -0.2) is 0 Å². The van der Waals surface area contributed by atoms with E-state index >= 15 is 0 Å². The first-order chi connectivity index (χ1) is 8.24. The standard InChI is InChI=1S/C15H19NO/c1-3-4-12(2)10-16-8-7-14-6-5-13(11-17)9-15(14)16/h5-9,11-12H,3-4,10H2,1-2H3. The van der Waals surface area contributed by atoms with E-state index in [-0.39, 0.29) is 0 Å². The largest absolute Gasteiger partial charge is 0.347 e. The lowest BCUT2D eigenvalue weighted by Gasteiger charge is -2.12. The average Bonchev–Trinajstić information content (AvgIpc) is 2.72. The third kappa shape index (κ3) is 2.57. The second-order valence-electron chi connectivity index (χ2n) is 4.80. The summed E-state index contributed by atoms with van der Waals surface area (Å²) in [6.45, 7) is 5.52. The highest BCUT2D eigenvalue weighted by Gasteiger charge is 2.06. The zero-order valence-electron chi connectivity index (χ0n) is 10.5. The van der Waals surface area contributed by atoms with Gasteiger partial charge in [0.05, 0.1) is 0 Å². The average molecular weight is 229 g/mol. The van der Waals surface area contributed by atoms with Crippen LogP contribution >= 0.6 is 0 Å². The molecule has 17 heavy (non-hydrogen) atoms. The van der Waals surface area contributed by atoms with Gasteiger partial charge in [0.1, 0.15) is 6.29 Å². The zero-order chi connectivity index (χ0) is 12.3. The molecule has 0 spiro atoms. The minimum atomic E-state index is 0.676. The fourth-order valence-electron chi connectivity index (χ4n) is 2.35. The van der Waals surface area contributed by atoms with Gasteiger partial charge < -0.3 is 4.57 Å². The zero-order valence-corrected chi connectivity index (χ0v) is 10.5. The Labute approximate surface area is 102 Å². The fourth-order valence-corrected chi connectivity index (χ4v) is 2.35. The molecule has 2 rings (SSSR count). The summed E-state index contributed by atoms with van der Waals surface area (Å²) in [6, 6.07) is 7.97. The van der Waals surface area contributed by atoms with Crippen molar-refractivity contribution in [1.29, 1.82) is 0 Å². The molecule has 2 nitrogen and oxygen atoms in total. The molecule has 0 radical (unpaired) electrons. The third-order valence-electron chi connectivity index (χ3n) is 3.22. The molecule has 0 saturated heterocycles. The molecule has 1 atom stereocenters. The Balaban J connectivity index is 2.30. The second-order valence-corrected chi connectivity index (χ2v) is 4.80. The van der Waals surface area contributed by atoms with Crippen molar-refractivity contribution in [3.8, 4) is 0 Å². The molecule has 0 saturated carbocycles. The lowest BCUT2D eigenvalue weighted by atomic mass is 10.1. The van der Waals surface area contributed by atoms with Crippen molar-refractivity contribution in [2.24, 2.45) is 5.92 Å². The Morgan fingerprint density at radius 2 is 2.18 bits per heavy atom. The maximum Gasteiger partial charge on any atom is 0.150 e. The summed E-state index contributed by atoms with van der Waals surface area (Å²) in [7, 11) is 0. The summed E-state index contributed by atoms with van der Waals surface area (Å²) in [5.41, 5.74) is 1.91. The van der Waals surface area contributed by atoms with Gasteiger partial charge >= 0.3 is 0 Å². The lowest BCUT2D eigenvalue weighted by molar-refractivity contribution is 0.112. The molecule has 0 N–H and O–H groups in total. The lowest BCUT2D eigenvalue weighted by Crippen LogP contribution is -2.06. The number of rotatable bonds is 5. The maximum absolute atomic E-state index is 10.8. The van der Waals surface area contributed by atoms with Gasteiger partial charge in [0.25, 0.3) is 0 Å². The van der Waals surface area contributed by atoms with Gasteiger partial charge in [-0.1, -0.05) is 32.4 Å². The minimum absolute atomic E-state index is 0.676. The van der Waals surface area contributed by atoms with Crippen LogP contribution in [-0.2, 0) is 6.54 Å². The summed E-state index contributed by atoms with van der Waals surface area (Å²) in [5.74, 6) is 0.676. The predicted molar refractivity (Wildman–Crippen MR) is 71.4 cm³/mol. The Morgan fingerprint density at radius 1 is 1.35 bits per heavy atom. The van der Waals surface area contributed by atoms with E-state index in [1.807, 2.05) is 18.2 Å². The Kier molecular flexibility index (Phi) is 3.62. The number of aldehydes is 1. The molecule has 0 fully saturated rings. The third-order valence-corrected chi connectivity index (χ3v) is 3.22. The molecule has 1 unspecified atom stereocenters. The molecule has 0 aliphatic rings. The molecular formula is C15H19NO. The summed E-state index contributed by atoms with van der Waals surface area (Å²) < 4.78 is 2.25. The molecule has 1 aromatic carbocycles. The molecule has 2 heteroatoms. The first kappa shape index (κ1) is 11.9. The fraction of sp³-hybridized carbons (Fsp3) is 0.400. The molecule has 1 aromatic heterocycles. The summed E-state index contributed by atoms with van der Waals surface area (Å²) in [5, 5.41) is 1.21. The van der Waals surface area contributed by atoms with Gasteiger partial charge in [-0.05, 0) is 29.9 Å². The monoisotopic (exact) mass is 229 g/mol. The van der Waals surface area contributed by atoms with Gasteiger partial charge in [-0.15, -0.1) is 0 Å². The minimum Gasteiger partial charge on any atom is -0.347 e. The molecular weight excluding hydrogens is 210 g/mol. The Bertz CT molecular complexity index is 513. The number of benzene rings is 1. The SMILES string of the molecule is CCCC(C)Cn1ccc2ccc(C=O)cc21. The quantitative estimate of drug-likeness (QED) is 0.713. The molecule has 0 aliphatic carbocycles. The maximum atomic E-state index is 10.8. The van der Waals surface area contributed by atoms with E-state index in [0.717, 1.165) is 23.9 Å². The predicted octanol–water partition coefficient (Wildman–Crippen LogP) is 3.89. The van der Waals surface area contributed by atoms with Crippen LogP contribution in [0.2, 0.25) is 0 Å². The van der Waals surface area contributed by atoms with Crippen molar-refractivity contribution < 1.29 is 4.79 Å². The van der Waals surface area contributed by atoms with Crippen molar-refractivity contribution in [1.82, 2.24) is 4.57 Å². The number of hydrogen-bond acceptors (Lipinski definition) is 1. The van der Waals surface area contributed by atoms with Gasteiger partial charge in [0.15, 0.2) is 0 Å². The molecule has 0 aliphatic heterocycles. The van der Waals surface area contributed by atoms with Gasteiger partial charge in [0.2, 0.25) is 0 Å². The second kappa shape index (κ2) is 5.17. The van der Waals surface area contributed by atoms with E-state index < -0.39 is 0 Å². The first-order valence-corrected chi connectivity index (χ1v) is 6.28. The van der Waals surface area contributed by atoms with Crippen LogP contribution in [0.15, 0.2) is 30.5 Å². The summed E-state index contributed by atoms with van der Waals surface area (Å²) >= 11 is 0. The number of hydrogen-bond donors (Lipinski definition) is 0. The number of carbonyl (C=O) groups excluding carboxylic acids is 1. The van der Waals surface area contributed by atoms with Gasteiger partial charge in [-0.3, -0.25) is 4.79 Å². The van der Waals surface area contributed by atoms with Crippen LogP contribution in [-0.4, -0.2) is 10.9 Å². The first-order valence-electron chi connectivity index (χ1n) is 6.28. The van der Waals surface area contributed by atoms with Crippen LogP contribution in [0.5, 0.6) is 0 Å². The van der Waals surface area contributed by atoms with Crippen LogP contribution in [0, 0.1) is 5.92 Å². The molecule has 2 aromatic rings. The van der Waals surface area contributed by atoms with E-state index in [4.69, 9.17) is 0 Å². The number of nitrogens with zero attached hydrogens (tertiary/aromatic N) is 1. The van der Waals surface area contributed by atoms with E-state index in [9.17, 15) is 4.79 Å². The van der Waals surface area contributed by atoms with Crippen molar-refractivity contribution >= 4 is 17.2 Å². The van der Waals surface area contributed by atoms with Crippen molar-refractivity contribution in [3.63, 3.8) is 0 Å². The number of fused-ring (bicyclic) bond motifs is 1. The van der Waals surface area contributed by atoms with Gasteiger partial charge in [0, 0.05) is 23.8 Å². The van der Waals surface area contributed by atoms with E-state index in [2.05, 4.69) is 30.7 Å². The smallest absolute Gasteiger partial charge is 0.150 e. The van der Waals surface area contributed by atoms with Crippen LogP contribution in [0.4, 0.5) is 0 Å². The Hall–Kier alpha value is -1.57.